The molecule has 2 aromatic heterocycles. The summed E-state index contributed by atoms with van der Waals surface area (Å²) in [7, 11) is 0. The molecule has 0 aromatic carbocycles. The van der Waals surface area contributed by atoms with Gasteiger partial charge in [-0.05, 0) is 37.3 Å². The van der Waals surface area contributed by atoms with Crippen LogP contribution in [0.5, 0.6) is 0 Å². The molecule has 2 aliphatic rings. The van der Waals surface area contributed by atoms with Gasteiger partial charge in [0.05, 0.1) is 18.7 Å². The number of imidazole rings is 1. The Labute approximate surface area is 170 Å². The van der Waals surface area contributed by atoms with Crippen molar-refractivity contribution in [2.45, 2.75) is 64.1 Å². The molecule has 1 N–H and O–H groups in total. The largest absolute Gasteiger partial charge is 0.351 e. The fourth-order valence-corrected chi connectivity index (χ4v) is 4.71. The SMILES string of the molecule is Cc1cccn2c(CC(=O)N[C@H]3C[C@@H](F)CN(C(=O)CC4CCCC4)C3)cnc12. The van der Waals surface area contributed by atoms with Crippen molar-refractivity contribution in [1.82, 2.24) is 19.6 Å². The molecular weight excluding hydrogens is 371 g/mol. The number of nitrogens with zero attached hydrogens (tertiary/aromatic N) is 3. The van der Waals surface area contributed by atoms with Gasteiger partial charge in [0.15, 0.2) is 0 Å². The molecule has 2 amide bonds. The van der Waals surface area contributed by atoms with Gasteiger partial charge in [0.1, 0.15) is 11.8 Å². The van der Waals surface area contributed by atoms with E-state index in [1.807, 2.05) is 29.7 Å². The van der Waals surface area contributed by atoms with Crippen molar-refractivity contribution in [1.29, 1.82) is 0 Å². The zero-order valence-corrected chi connectivity index (χ0v) is 16.9. The van der Waals surface area contributed by atoms with Crippen LogP contribution in [0.25, 0.3) is 5.65 Å². The van der Waals surface area contributed by atoms with E-state index in [-0.39, 0.29) is 37.2 Å². The van der Waals surface area contributed by atoms with Crippen LogP contribution in [0.15, 0.2) is 24.5 Å². The average Bonchev–Trinajstić information content (AvgIpc) is 3.32. The van der Waals surface area contributed by atoms with Gasteiger partial charge in [-0.1, -0.05) is 18.9 Å². The second-order valence-corrected chi connectivity index (χ2v) is 8.56. The molecule has 1 aliphatic heterocycles. The summed E-state index contributed by atoms with van der Waals surface area (Å²) in [6, 6.07) is 3.56. The fourth-order valence-electron chi connectivity index (χ4n) is 4.71. The van der Waals surface area contributed by atoms with E-state index >= 15 is 0 Å². The van der Waals surface area contributed by atoms with Crippen LogP contribution in [0.2, 0.25) is 0 Å². The first-order chi connectivity index (χ1) is 14.0. The van der Waals surface area contributed by atoms with Crippen LogP contribution in [-0.2, 0) is 16.0 Å². The molecule has 0 spiro atoms. The summed E-state index contributed by atoms with van der Waals surface area (Å²) in [4.78, 5) is 31.2. The molecule has 156 valence electrons. The maximum Gasteiger partial charge on any atom is 0.226 e. The van der Waals surface area contributed by atoms with Crippen molar-refractivity contribution in [3.05, 3.63) is 35.8 Å². The van der Waals surface area contributed by atoms with Gasteiger partial charge in [-0.25, -0.2) is 9.37 Å². The van der Waals surface area contributed by atoms with E-state index in [2.05, 4.69) is 10.3 Å². The highest BCUT2D eigenvalue weighted by Crippen LogP contribution is 2.28. The lowest BCUT2D eigenvalue weighted by atomic mass is 10.00. The highest BCUT2D eigenvalue weighted by Gasteiger charge is 2.32. The average molecular weight is 400 g/mol. The number of piperidine rings is 1. The predicted octanol–water partition coefficient (Wildman–Crippen LogP) is 2.82. The Bertz CT molecular complexity index is 890. The minimum atomic E-state index is -1.10. The van der Waals surface area contributed by atoms with Gasteiger partial charge in [-0.3, -0.25) is 9.59 Å². The van der Waals surface area contributed by atoms with Crippen molar-refractivity contribution < 1.29 is 14.0 Å². The molecule has 0 bridgehead atoms. The molecule has 0 unspecified atom stereocenters. The van der Waals surface area contributed by atoms with Crippen LogP contribution in [0.3, 0.4) is 0 Å². The second-order valence-electron chi connectivity index (χ2n) is 8.56. The van der Waals surface area contributed by atoms with Gasteiger partial charge in [-0.2, -0.15) is 0 Å². The first-order valence-corrected chi connectivity index (χ1v) is 10.6. The number of nitrogens with one attached hydrogen (secondary N) is 1. The zero-order valence-electron chi connectivity index (χ0n) is 16.9. The summed E-state index contributed by atoms with van der Waals surface area (Å²) in [5.41, 5.74) is 2.67. The van der Waals surface area contributed by atoms with Crippen molar-refractivity contribution >= 4 is 17.5 Å². The summed E-state index contributed by atoms with van der Waals surface area (Å²) >= 11 is 0. The molecule has 29 heavy (non-hydrogen) atoms. The summed E-state index contributed by atoms with van der Waals surface area (Å²) < 4.78 is 16.2. The summed E-state index contributed by atoms with van der Waals surface area (Å²) in [6.07, 6.45) is 8.00. The summed E-state index contributed by atoms with van der Waals surface area (Å²) in [5.74, 6) is 0.292. The Morgan fingerprint density at radius 3 is 2.86 bits per heavy atom. The minimum absolute atomic E-state index is 0.0239. The van der Waals surface area contributed by atoms with Crippen molar-refractivity contribution in [2.75, 3.05) is 13.1 Å². The lowest BCUT2D eigenvalue weighted by Crippen LogP contribution is -2.53. The number of carbonyl (C=O) groups is 2. The Kier molecular flexibility index (Phi) is 5.83. The van der Waals surface area contributed by atoms with Gasteiger partial charge >= 0.3 is 0 Å². The lowest BCUT2D eigenvalue weighted by molar-refractivity contribution is -0.136. The molecule has 2 aromatic rings. The van der Waals surface area contributed by atoms with Crippen molar-refractivity contribution in [3.63, 3.8) is 0 Å². The number of amides is 2. The van der Waals surface area contributed by atoms with E-state index in [1.54, 1.807) is 11.1 Å². The van der Waals surface area contributed by atoms with Gasteiger partial charge in [0.25, 0.3) is 0 Å². The first kappa shape index (κ1) is 19.9. The summed E-state index contributed by atoms with van der Waals surface area (Å²) in [5, 5.41) is 2.93. The maximum atomic E-state index is 14.3. The number of aromatic nitrogens is 2. The first-order valence-electron chi connectivity index (χ1n) is 10.6. The number of rotatable bonds is 5. The standard InChI is InChI=1S/C22H29FN4O2/c1-15-5-4-8-27-19(12-24-22(15)27)11-20(28)25-18-10-17(23)13-26(14-18)21(29)9-16-6-2-3-7-16/h4-5,8,12,16-18H,2-3,6-7,9-11,13-14H2,1H3,(H,25,28)/t17-,18+/m1/s1. The molecule has 1 aliphatic carbocycles. The number of hydrogen-bond donors (Lipinski definition) is 1. The van der Waals surface area contributed by atoms with E-state index in [0.29, 0.717) is 18.9 Å². The van der Waals surface area contributed by atoms with E-state index in [4.69, 9.17) is 0 Å². The number of likely N-dealkylation sites (tertiary alicyclic amines) is 1. The highest BCUT2D eigenvalue weighted by atomic mass is 19.1. The zero-order chi connectivity index (χ0) is 20.4. The van der Waals surface area contributed by atoms with Crippen LogP contribution in [0.1, 0.15) is 49.8 Å². The molecule has 3 heterocycles. The van der Waals surface area contributed by atoms with Crippen LogP contribution >= 0.6 is 0 Å². The lowest BCUT2D eigenvalue weighted by Gasteiger charge is -2.35. The molecule has 4 rings (SSSR count). The third kappa shape index (κ3) is 4.60. The van der Waals surface area contributed by atoms with Crippen LogP contribution in [-0.4, -0.2) is 51.4 Å². The molecule has 2 fully saturated rings. The minimum Gasteiger partial charge on any atom is -0.351 e. The monoisotopic (exact) mass is 400 g/mol. The van der Waals surface area contributed by atoms with E-state index in [1.165, 1.54) is 12.8 Å². The fraction of sp³-hybridized carbons (Fsp3) is 0.591. The molecule has 0 radical (unpaired) electrons. The third-order valence-electron chi connectivity index (χ3n) is 6.20. The smallest absolute Gasteiger partial charge is 0.226 e. The normalized spacial score (nSPS) is 22.9. The maximum absolute atomic E-state index is 14.3. The number of pyridine rings is 1. The van der Waals surface area contributed by atoms with E-state index in [0.717, 1.165) is 29.7 Å². The molecule has 2 atom stereocenters. The number of alkyl halides is 1. The Morgan fingerprint density at radius 2 is 2.07 bits per heavy atom. The quantitative estimate of drug-likeness (QED) is 0.839. The van der Waals surface area contributed by atoms with Gasteiger partial charge in [-0.15, -0.1) is 0 Å². The Hall–Kier alpha value is -2.44. The topological polar surface area (TPSA) is 66.7 Å². The van der Waals surface area contributed by atoms with Crippen LogP contribution in [0, 0.1) is 12.8 Å². The second kappa shape index (κ2) is 8.51. The number of aryl methyl sites for hydroxylation is 1. The Morgan fingerprint density at radius 1 is 1.28 bits per heavy atom. The van der Waals surface area contributed by atoms with Crippen LogP contribution in [0.4, 0.5) is 4.39 Å². The van der Waals surface area contributed by atoms with Crippen molar-refractivity contribution in [3.8, 4) is 0 Å². The van der Waals surface area contributed by atoms with Gasteiger partial charge in [0, 0.05) is 37.8 Å². The Balaban J connectivity index is 1.35. The number of fused-ring (bicyclic) bond motifs is 1. The molecule has 7 heteroatoms. The number of halogens is 1. The van der Waals surface area contributed by atoms with Gasteiger partial charge in [0.2, 0.25) is 11.8 Å². The molecule has 1 saturated heterocycles. The number of hydrogen-bond acceptors (Lipinski definition) is 3. The molecule has 6 nitrogen and oxygen atoms in total. The highest BCUT2D eigenvalue weighted by molar-refractivity contribution is 5.79. The van der Waals surface area contributed by atoms with E-state index in [9.17, 15) is 14.0 Å². The van der Waals surface area contributed by atoms with Gasteiger partial charge < -0.3 is 14.6 Å². The van der Waals surface area contributed by atoms with Crippen molar-refractivity contribution in [2.24, 2.45) is 5.92 Å². The molecular formula is C22H29FN4O2. The molecule has 1 saturated carbocycles. The third-order valence-corrected chi connectivity index (χ3v) is 6.20. The predicted molar refractivity (Wildman–Crippen MR) is 108 cm³/mol. The summed E-state index contributed by atoms with van der Waals surface area (Å²) in [6.45, 7) is 2.52. The van der Waals surface area contributed by atoms with Crippen LogP contribution < -0.4 is 5.32 Å². The van der Waals surface area contributed by atoms with E-state index < -0.39 is 6.17 Å². The number of carbonyl (C=O) groups excluding carboxylic acids is 2.